The van der Waals surface area contributed by atoms with Crippen LogP contribution in [-0.4, -0.2) is 87.0 Å². The number of hydrogen-bond donors (Lipinski definition) is 3. The minimum atomic E-state index is -0.690. The Labute approximate surface area is 339 Å². The molecule has 1 unspecified atom stereocenters. The largest absolute Gasteiger partial charge is 0.381 e. The van der Waals surface area contributed by atoms with Crippen molar-refractivity contribution in [1.29, 1.82) is 0 Å². The fourth-order valence-corrected chi connectivity index (χ4v) is 10.9. The van der Waals surface area contributed by atoms with Gasteiger partial charge in [-0.3, -0.25) is 38.7 Å². The second-order valence-corrected chi connectivity index (χ2v) is 17.6. The van der Waals surface area contributed by atoms with Crippen molar-refractivity contribution in [3.8, 4) is 11.3 Å². The Balaban J connectivity index is 0.758. The number of fused-ring (bicyclic) bond motifs is 6. The van der Waals surface area contributed by atoms with E-state index in [0.29, 0.717) is 24.8 Å². The number of rotatable bonds is 6. The molecule has 4 aliphatic rings. The van der Waals surface area contributed by atoms with Gasteiger partial charge in [0, 0.05) is 97.6 Å². The Morgan fingerprint density at radius 3 is 2.50 bits per heavy atom. The molecule has 1 aliphatic carbocycles. The molecule has 0 bridgehead atoms. The van der Waals surface area contributed by atoms with E-state index in [1.165, 1.54) is 24.2 Å². The highest BCUT2D eigenvalue weighted by molar-refractivity contribution is 7.21. The SMILES string of the molecule is C[C@@H]1CNc2c(sc3ccc4nc(-c5ccc(C6CCC(CN7CCN(c8cccc9c8n(C)c(=O)n9C8CCC(=O)NC8=O)CC7)CC6)nc5)ccc4c23)C(=O)N1. The van der Waals surface area contributed by atoms with Gasteiger partial charge in [-0.1, -0.05) is 6.07 Å². The van der Waals surface area contributed by atoms with E-state index in [4.69, 9.17) is 9.97 Å². The zero-order chi connectivity index (χ0) is 39.7. The topological polar surface area (TPSA) is 146 Å². The van der Waals surface area contributed by atoms with Crippen molar-refractivity contribution in [3.05, 3.63) is 81.8 Å². The summed E-state index contributed by atoms with van der Waals surface area (Å²) >= 11 is 1.53. The summed E-state index contributed by atoms with van der Waals surface area (Å²) in [6.45, 7) is 7.43. The molecule has 58 heavy (non-hydrogen) atoms. The summed E-state index contributed by atoms with van der Waals surface area (Å²) in [4.78, 5) is 66.5. The van der Waals surface area contributed by atoms with Crippen LogP contribution < -0.4 is 26.5 Å². The molecule has 0 spiro atoms. The van der Waals surface area contributed by atoms with Crippen LogP contribution in [0.2, 0.25) is 0 Å². The summed E-state index contributed by atoms with van der Waals surface area (Å²) in [6.07, 6.45) is 7.17. The molecule has 0 radical (unpaired) electrons. The summed E-state index contributed by atoms with van der Waals surface area (Å²) in [5, 5.41) is 11.1. The maximum absolute atomic E-state index is 13.4. The lowest BCUT2D eigenvalue weighted by atomic mass is 9.80. The van der Waals surface area contributed by atoms with E-state index >= 15 is 0 Å². The molecule has 2 atom stereocenters. The van der Waals surface area contributed by atoms with E-state index in [1.807, 2.05) is 31.3 Å². The van der Waals surface area contributed by atoms with Crippen LogP contribution in [-0.2, 0) is 16.6 Å². The summed E-state index contributed by atoms with van der Waals surface area (Å²) in [5.41, 5.74) is 7.19. The molecule has 298 valence electrons. The molecule has 3 fully saturated rings. The summed E-state index contributed by atoms with van der Waals surface area (Å²) in [5.74, 6) is 0.394. The lowest BCUT2D eigenvalue weighted by Crippen LogP contribution is -2.48. The number of amides is 3. The Kier molecular flexibility index (Phi) is 9.28. The third-order valence-electron chi connectivity index (χ3n) is 12.9. The first-order valence-corrected chi connectivity index (χ1v) is 21.4. The second kappa shape index (κ2) is 14.7. The quantitative estimate of drug-likeness (QED) is 0.179. The van der Waals surface area contributed by atoms with Gasteiger partial charge in [0.1, 0.15) is 10.9 Å². The van der Waals surface area contributed by atoms with Gasteiger partial charge in [-0.2, -0.15) is 0 Å². The molecule has 7 heterocycles. The monoisotopic (exact) mass is 797 g/mol. The van der Waals surface area contributed by atoms with Crippen LogP contribution in [0.3, 0.4) is 0 Å². The molecule has 10 rings (SSSR count). The first-order chi connectivity index (χ1) is 28.2. The summed E-state index contributed by atoms with van der Waals surface area (Å²) < 4.78 is 4.29. The minimum absolute atomic E-state index is 0.0224. The molecule has 3 N–H and O–H groups in total. The van der Waals surface area contributed by atoms with Crippen LogP contribution in [0.4, 0.5) is 11.4 Å². The lowest BCUT2D eigenvalue weighted by molar-refractivity contribution is -0.135. The number of pyridine rings is 2. The van der Waals surface area contributed by atoms with Crippen molar-refractivity contribution in [3.63, 3.8) is 0 Å². The minimum Gasteiger partial charge on any atom is -0.381 e. The fourth-order valence-electron chi connectivity index (χ4n) is 9.76. The van der Waals surface area contributed by atoms with E-state index in [1.54, 1.807) is 16.2 Å². The number of carbonyl (C=O) groups excluding carboxylic acids is 3. The Morgan fingerprint density at radius 2 is 1.72 bits per heavy atom. The van der Waals surface area contributed by atoms with Crippen LogP contribution in [0.25, 0.3) is 43.3 Å². The standard InChI is InChI=1S/C44H47N9O4S/c1-25-22-46-39-38-29-11-13-31(48-32(29)14-16-36(38)58-41(39)43(56)47-25)28-10-12-30(45-23-28)27-8-6-26(7-9-27)24-51-18-20-52(21-19-51)33-4-3-5-34-40(33)50(2)44(57)53(34)35-15-17-37(54)49-42(35)55/h3-5,10-14,16,23,25-27,35,46H,6-9,15,17-22,24H2,1-2H3,(H,47,56)(H,49,54,55)/t25-,26?,27?,35?/m1/s1. The average molecular weight is 798 g/mol. The smallest absolute Gasteiger partial charge is 0.329 e. The number of aryl methyl sites for hydroxylation is 1. The van der Waals surface area contributed by atoms with Crippen LogP contribution in [0, 0.1) is 5.92 Å². The number of imidazole rings is 1. The molecule has 14 heteroatoms. The average Bonchev–Trinajstić information content (AvgIpc) is 3.70. The number of benzene rings is 2. The number of piperidine rings is 1. The maximum atomic E-state index is 13.4. The molecular weight excluding hydrogens is 751 g/mol. The number of carbonyl (C=O) groups is 3. The maximum Gasteiger partial charge on any atom is 0.329 e. The van der Waals surface area contributed by atoms with Gasteiger partial charge in [-0.05, 0) is 93.5 Å². The first-order valence-electron chi connectivity index (χ1n) is 20.6. The zero-order valence-corrected chi connectivity index (χ0v) is 33.6. The van der Waals surface area contributed by atoms with E-state index in [9.17, 15) is 19.2 Å². The number of nitrogens with zero attached hydrogens (tertiary/aromatic N) is 6. The molecule has 2 aromatic carbocycles. The number of aromatic nitrogens is 4. The van der Waals surface area contributed by atoms with Gasteiger partial charge in [0.2, 0.25) is 11.8 Å². The molecule has 2 saturated heterocycles. The van der Waals surface area contributed by atoms with Gasteiger partial charge >= 0.3 is 5.69 Å². The van der Waals surface area contributed by atoms with Gasteiger partial charge < -0.3 is 15.5 Å². The van der Waals surface area contributed by atoms with Crippen molar-refractivity contribution in [1.82, 2.24) is 34.6 Å². The van der Waals surface area contributed by atoms with Crippen molar-refractivity contribution in [2.45, 2.75) is 63.5 Å². The molecule has 1 saturated carbocycles. The molecule has 3 amide bonds. The number of thiophene rings is 1. The van der Waals surface area contributed by atoms with Crippen molar-refractivity contribution in [2.75, 3.05) is 49.5 Å². The number of anilines is 2. The summed E-state index contributed by atoms with van der Waals surface area (Å²) in [6, 6.07) is 18.0. The van der Waals surface area contributed by atoms with E-state index in [2.05, 4.69) is 62.1 Å². The van der Waals surface area contributed by atoms with Gasteiger partial charge in [0.05, 0.1) is 33.6 Å². The van der Waals surface area contributed by atoms with Crippen LogP contribution in [0.1, 0.15) is 72.8 Å². The van der Waals surface area contributed by atoms with E-state index in [0.717, 1.165) is 111 Å². The third-order valence-corrected chi connectivity index (χ3v) is 14.0. The highest BCUT2D eigenvalue weighted by Crippen LogP contribution is 2.42. The van der Waals surface area contributed by atoms with E-state index < -0.39 is 11.9 Å². The summed E-state index contributed by atoms with van der Waals surface area (Å²) in [7, 11) is 1.77. The number of imide groups is 1. The molecule has 3 aliphatic heterocycles. The van der Waals surface area contributed by atoms with Crippen molar-refractivity contribution < 1.29 is 14.4 Å². The third kappa shape index (κ3) is 6.42. The Hall–Kier alpha value is -5.60. The van der Waals surface area contributed by atoms with Crippen molar-refractivity contribution >= 4 is 72.5 Å². The molecule has 4 aromatic heterocycles. The number of nitrogens with one attached hydrogen (secondary N) is 3. The predicted molar refractivity (Wildman–Crippen MR) is 228 cm³/mol. The Bertz CT molecular complexity index is 2670. The van der Waals surface area contributed by atoms with Crippen LogP contribution in [0.5, 0.6) is 0 Å². The first kappa shape index (κ1) is 36.7. The normalized spacial score (nSPS) is 23.1. The van der Waals surface area contributed by atoms with Gasteiger partial charge in [-0.15, -0.1) is 11.3 Å². The fraction of sp³-hybridized carbons (Fsp3) is 0.409. The number of hydrogen-bond acceptors (Lipinski definition) is 10. The number of para-hydroxylation sites is 1. The zero-order valence-electron chi connectivity index (χ0n) is 32.8. The molecule has 6 aromatic rings. The van der Waals surface area contributed by atoms with E-state index in [-0.39, 0.29) is 30.0 Å². The predicted octanol–water partition coefficient (Wildman–Crippen LogP) is 5.78. The van der Waals surface area contributed by atoms with Gasteiger partial charge in [-0.25, -0.2) is 9.78 Å². The Morgan fingerprint density at radius 1 is 0.897 bits per heavy atom. The van der Waals surface area contributed by atoms with Crippen LogP contribution >= 0.6 is 11.3 Å². The lowest BCUT2D eigenvalue weighted by Gasteiger charge is -2.39. The highest BCUT2D eigenvalue weighted by atomic mass is 32.1. The second-order valence-electron chi connectivity index (χ2n) is 16.6. The van der Waals surface area contributed by atoms with Crippen LogP contribution in [0.15, 0.2) is 65.6 Å². The number of piperazine rings is 1. The van der Waals surface area contributed by atoms with Gasteiger partial charge in [0.15, 0.2) is 0 Å². The molecule has 13 nitrogen and oxygen atoms in total. The molecular formula is C44H47N9O4S. The van der Waals surface area contributed by atoms with Crippen molar-refractivity contribution in [2.24, 2.45) is 13.0 Å². The van der Waals surface area contributed by atoms with Gasteiger partial charge in [0.25, 0.3) is 5.91 Å². The highest BCUT2D eigenvalue weighted by Gasteiger charge is 2.33.